The molecule has 1 aromatic heterocycles. The molecule has 2 aliphatic heterocycles. The molecule has 28 heavy (non-hydrogen) atoms. The van der Waals surface area contributed by atoms with Crippen LogP contribution in [0.25, 0.3) is 11.0 Å². The molecular formula is C22H30N4O2. The van der Waals surface area contributed by atoms with E-state index in [1.807, 2.05) is 18.2 Å². The standard InChI is InChI=1S/C22H30N4O2/c27-21(23-18-7-10-25(11-8-18)13-16-9-12-28-15-16)14-26-20-4-2-1-3-19(20)24-22(26)17-5-6-17/h1-4,16-18H,5-15H2,(H,23,27). The third kappa shape index (κ3) is 3.94. The van der Waals surface area contributed by atoms with E-state index in [1.54, 1.807) is 0 Å². The summed E-state index contributed by atoms with van der Waals surface area (Å²) in [5.41, 5.74) is 2.08. The minimum Gasteiger partial charge on any atom is -0.381 e. The molecule has 3 fully saturated rings. The number of piperidine rings is 1. The summed E-state index contributed by atoms with van der Waals surface area (Å²) in [5, 5.41) is 3.28. The summed E-state index contributed by atoms with van der Waals surface area (Å²) in [6.45, 7) is 5.51. The van der Waals surface area contributed by atoms with Crippen molar-refractivity contribution in [2.24, 2.45) is 5.92 Å². The van der Waals surface area contributed by atoms with Crippen LogP contribution >= 0.6 is 0 Å². The maximum Gasteiger partial charge on any atom is 0.240 e. The number of nitrogens with one attached hydrogen (secondary N) is 1. The molecule has 150 valence electrons. The van der Waals surface area contributed by atoms with Crippen LogP contribution in [0, 0.1) is 5.92 Å². The van der Waals surface area contributed by atoms with Crippen LogP contribution in [0.15, 0.2) is 24.3 Å². The molecule has 1 N–H and O–H groups in total. The van der Waals surface area contributed by atoms with Crippen LogP contribution in [0.4, 0.5) is 0 Å². The minimum absolute atomic E-state index is 0.118. The van der Waals surface area contributed by atoms with Gasteiger partial charge in [0.25, 0.3) is 0 Å². The lowest BCUT2D eigenvalue weighted by molar-refractivity contribution is -0.122. The largest absolute Gasteiger partial charge is 0.381 e. The Morgan fingerprint density at radius 2 is 1.96 bits per heavy atom. The number of fused-ring (bicyclic) bond motifs is 1. The minimum atomic E-state index is 0.118. The van der Waals surface area contributed by atoms with Crippen LogP contribution in [-0.4, -0.2) is 59.2 Å². The number of benzene rings is 1. The number of likely N-dealkylation sites (tertiary alicyclic amines) is 1. The van der Waals surface area contributed by atoms with Gasteiger partial charge in [-0.15, -0.1) is 0 Å². The monoisotopic (exact) mass is 382 g/mol. The van der Waals surface area contributed by atoms with E-state index in [-0.39, 0.29) is 5.91 Å². The number of rotatable bonds is 6. The predicted molar refractivity (Wildman–Crippen MR) is 108 cm³/mol. The number of para-hydroxylation sites is 2. The second kappa shape index (κ2) is 7.84. The number of hydrogen-bond donors (Lipinski definition) is 1. The molecule has 6 nitrogen and oxygen atoms in total. The van der Waals surface area contributed by atoms with E-state index in [2.05, 4.69) is 20.9 Å². The molecular weight excluding hydrogens is 352 g/mol. The summed E-state index contributed by atoms with van der Waals surface area (Å²) in [4.78, 5) is 20.1. The average molecular weight is 383 g/mol. The number of imidazole rings is 1. The number of nitrogens with zero attached hydrogens (tertiary/aromatic N) is 3. The smallest absolute Gasteiger partial charge is 0.240 e. The number of carbonyl (C=O) groups excluding carboxylic acids is 1. The van der Waals surface area contributed by atoms with E-state index < -0.39 is 0 Å². The molecule has 6 heteroatoms. The fourth-order valence-corrected chi connectivity index (χ4v) is 4.68. The lowest BCUT2D eigenvalue weighted by Crippen LogP contribution is -2.46. The van der Waals surface area contributed by atoms with Crippen LogP contribution in [0.1, 0.15) is 43.8 Å². The number of ether oxygens (including phenoxy) is 1. The van der Waals surface area contributed by atoms with Gasteiger partial charge in [-0.25, -0.2) is 4.98 Å². The highest BCUT2D eigenvalue weighted by Crippen LogP contribution is 2.40. The van der Waals surface area contributed by atoms with Gasteiger partial charge in [0.15, 0.2) is 0 Å². The Morgan fingerprint density at radius 1 is 1.14 bits per heavy atom. The zero-order chi connectivity index (χ0) is 18.9. The van der Waals surface area contributed by atoms with Crippen LogP contribution in [0.5, 0.6) is 0 Å². The fourth-order valence-electron chi connectivity index (χ4n) is 4.68. The molecule has 0 radical (unpaired) electrons. The highest BCUT2D eigenvalue weighted by molar-refractivity contribution is 5.81. The van der Waals surface area contributed by atoms with Crippen molar-refractivity contribution in [1.29, 1.82) is 0 Å². The first-order valence-corrected chi connectivity index (χ1v) is 10.8. The summed E-state index contributed by atoms with van der Waals surface area (Å²) in [6.07, 6.45) is 5.66. The first-order valence-electron chi connectivity index (χ1n) is 10.8. The van der Waals surface area contributed by atoms with Gasteiger partial charge in [0, 0.05) is 38.2 Å². The average Bonchev–Trinajstić information content (AvgIpc) is 3.31. The molecule has 1 atom stereocenters. The Balaban J connectivity index is 1.17. The summed E-state index contributed by atoms with van der Waals surface area (Å²) in [5.74, 6) is 2.43. The molecule has 3 aliphatic rings. The van der Waals surface area contributed by atoms with Gasteiger partial charge in [-0.2, -0.15) is 0 Å². The van der Waals surface area contributed by atoms with Crippen molar-refractivity contribution in [1.82, 2.24) is 19.8 Å². The Kier molecular flexibility index (Phi) is 5.07. The van der Waals surface area contributed by atoms with Crippen molar-refractivity contribution in [2.45, 2.75) is 50.6 Å². The summed E-state index contributed by atoms with van der Waals surface area (Å²) in [7, 11) is 0. The zero-order valence-electron chi connectivity index (χ0n) is 16.5. The predicted octanol–water partition coefficient (Wildman–Crippen LogP) is 2.53. The first kappa shape index (κ1) is 18.1. The van der Waals surface area contributed by atoms with Crippen LogP contribution in [-0.2, 0) is 16.1 Å². The first-order chi connectivity index (χ1) is 13.8. The molecule has 0 spiro atoms. The van der Waals surface area contributed by atoms with Crippen molar-refractivity contribution in [2.75, 3.05) is 32.8 Å². The number of hydrogen-bond acceptors (Lipinski definition) is 4. The Morgan fingerprint density at radius 3 is 2.71 bits per heavy atom. The van der Waals surface area contributed by atoms with Gasteiger partial charge in [0.05, 0.1) is 17.6 Å². The second-order valence-corrected chi connectivity index (χ2v) is 8.69. The van der Waals surface area contributed by atoms with Gasteiger partial charge < -0.3 is 19.5 Å². The van der Waals surface area contributed by atoms with Crippen LogP contribution in [0.3, 0.4) is 0 Å². The van der Waals surface area contributed by atoms with Crippen molar-refractivity contribution >= 4 is 16.9 Å². The summed E-state index contributed by atoms with van der Waals surface area (Å²) < 4.78 is 7.63. The Hall–Kier alpha value is -1.92. The SMILES string of the molecule is O=C(Cn1c(C2CC2)nc2ccccc21)NC1CCN(CC2CCOC2)CC1. The highest BCUT2D eigenvalue weighted by Gasteiger charge is 2.30. The molecule has 1 amide bonds. The number of amides is 1. The molecule has 1 saturated carbocycles. The van der Waals surface area contributed by atoms with E-state index in [1.165, 1.54) is 19.3 Å². The maximum atomic E-state index is 12.8. The molecule has 1 unspecified atom stereocenters. The molecule has 5 rings (SSSR count). The van der Waals surface area contributed by atoms with Gasteiger partial charge in [0.1, 0.15) is 12.4 Å². The van der Waals surface area contributed by atoms with Crippen molar-refractivity contribution in [3.05, 3.63) is 30.1 Å². The van der Waals surface area contributed by atoms with Crippen molar-refractivity contribution in [3.63, 3.8) is 0 Å². The second-order valence-electron chi connectivity index (χ2n) is 8.69. The molecule has 2 aromatic rings. The van der Waals surface area contributed by atoms with Gasteiger partial charge in [0.2, 0.25) is 5.91 Å². The topological polar surface area (TPSA) is 59.4 Å². The zero-order valence-corrected chi connectivity index (χ0v) is 16.5. The van der Waals surface area contributed by atoms with E-state index >= 15 is 0 Å². The highest BCUT2D eigenvalue weighted by atomic mass is 16.5. The summed E-state index contributed by atoms with van der Waals surface area (Å²) in [6, 6.07) is 8.46. The van der Waals surface area contributed by atoms with E-state index in [9.17, 15) is 4.79 Å². The lowest BCUT2D eigenvalue weighted by atomic mass is 10.0. The van der Waals surface area contributed by atoms with E-state index in [0.29, 0.717) is 24.4 Å². The van der Waals surface area contributed by atoms with E-state index in [0.717, 1.165) is 62.5 Å². The lowest BCUT2D eigenvalue weighted by Gasteiger charge is -2.33. The van der Waals surface area contributed by atoms with Crippen molar-refractivity contribution in [3.8, 4) is 0 Å². The third-order valence-corrected chi connectivity index (χ3v) is 6.42. The van der Waals surface area contributed by atoms with Gasteiger partial charge in [-0.05, 0) is 50.2 Å². The maximum absolute atomic E-state index is 12.8. The molecule has 2 saturated heterocycles. The third-order valence-electron chi connectivity index (χ3n) is 6.42. The normalized spacial score (nSPS) is 24.1. The van der Waals surface area contributed by atoms with Crippen molar-refractivity contribution < 1.29 is 9.53 Å². The molecule has 1 aliphatic carbocycles. The molecule has 1 aromatic carbocycles. The van der Waals surface area contributed by atoms with Gasteiger partial charge in [-0.1, -0.05) is 12.1 Å². The Labute approximate surface area is 166 Å². The quantitative estimate of drug-likeness (QED) is 0.834. The van der Waals surface area contributed by atoms with Crippen LogP contribution in [0.2, 0.25) is 0 Å². The molecule has 0 bridgehead atoms. The van der Waals surface area contributed by atoms with Gasteiger partial charge in [-0.3, -0.25) is 4.79 Å². The summed E-state index contributed by atoms with van der Waals surface area (Å²) >= 11 is 0. The van der Waals surface area contributed by atoms with Crippen LogP contribution < -0.4 is 5.32 Å². The van der Waals surface area contributed by atoms with E-state index in [4.69, 9.17) is 9.72 Å². The fraction of sp³-hybridized carbons (Fsp3) is 0.636. The number of aromatic nitrogens is 2. The Bertz CT molecular complexity index is 830. The van der Waals surface area contributed by atoms with Gasteiger partial charge >= 0.3 is 0 Å². The number of carbonyl (C=O) groups is 1. The molecule has 3 heterocycles.